The van der Waals surface area contributed by atoms with Crippen LogP contribution >= 0.6 is 0 Å². The molecular weight excluding hydrogens is 553 g/mol. The van der Waals surface area contributed by atoms with Crippen molar-refractivity contribution in [3.05, 3.63) is 89.0 Å². The lowest BCUT2D eigenvalue weighted by Crippen LogP contribution is -2.50. The van der Waals surface area contributed by atoms with Crippen LogP contribution in [0.5, 0.6) is 23.0 Å². The summed E-state index contributed by atoms with van der Waals surface area (Å²) in [5.41, 5.74) is 0.607. The molecule has 1 aliphatic rings. The van der Waals surface area contributed by atoms with Gasteiger partial charge >= 0.3 is 6.18 Å². The van der Waals surface area contributed by atoms with Crippen LogP contribution in [-0.2, 0) is 11.0 Å². The number of alkyl halides is 3. The Hall–Kier alpha value is -4.67. The predicted molar refractivity (Wildman–Crippen MR) is 150 cm³/mol. The number of hydrogen-bond acceptors (Lipinski definition) is 6. The third kappa shape index (κ3) is 6.62. The highest BCUT2D eigenvalue weighted by atomic mass is 19.4. The molecule has 4 rings (SSSR count). The fourth-order valence-electron chi connectivity index (χ4n) is 4.72. The van der Waals surface area contributed by atoms with Gasteiger partial charge in [-0.2, -0.15) is 13.2 Å². The number of halogens is 3. The maximum absolute atomic E-state index is 13.5. The maximum Gasteiger partial charge on any atom is 0.416 e. The Labute approximate surface area is 241 Å². The number of piperazine rings is 1. The van der Waals surface area contributed by atoms with Crippen LogP contribution in [0.1, 0.15) is 27.0 Å². The highest BCUT2D eigenvalue weighted by molar-refractivity contribution is 6.00. The van der Waals surface area contributed by atoms with Crippen molar-refractivity contribution in [2.45, 2.75) is 6.18 Å². The third-order valence-electron chi connectivity index (χ3n) is 6.94. The van der Waals surface area contributed by atoms with Gasteiger partial charge in [-0.25, -0.2) is 0 Å². The lowest BCUT2D eigenvalue weighted by molar-refractivity contribution is -0.137. The Morgan fingerprint density at radius 2 is 1.29 bits per heavy atom. The number of nitrogens with zero attached hydrogens (tertiary/aromatic N) is 2. The second-order valence-electron chi connectivity index (χ2n) is 9.40. The summed E-state index contributed by atoms with van der Waals surface area (Å²) in [5, 5.41) is 0. The average Bonchev–Trinajstić information content (AvgIpc) is 3.02. The van der Waals surface area contributed by atoms with E-state index in [1.54, 1.807) is 46.2 Å². The molecule has 2 amide bonds. The summed E-state index contributed by atoms with van der Waals surface area (Å²) < 4.78 is 61.8. The summed E-state index contributed by atoms with van der Waals surface area (Å²) in [4.78, 5) is 29.9. The fourth-order valence-corrected chi connectivity index (χ4v) is 4.72. The molecule has 0 aromatic heterocycles. The third-order valence-corrected chi connectivity index (χ3v) is 6.94. The molecule has 0 saturated carbocycles. The van der Waals surface area contributed by atoms with Crippen LogP contribution in [0, 0.1) is 0 Å². The van der Waals surface area contributed by atoms with Gasteiger partial charge in [0.05, 0.1) is 34.0 Å². The van der Waals surface area contributed by atoms with E-state index in [0.717, 1.165) is 12.1 Å². The average molecular weight is 585 g/mol. The van der Waals surface area contributed by atoms with Gasteiger partial charge < -0.3 is 28.7 Å². The van der Waals surface area contributed by atoms with Gasteiger partial charge in [0.25, 0.3) is 5.91 Å². The fraction of sp³-hybridized carbons (Fsp3) is 0.290. The van der Waals surface area contributed by atoms with Gasteiger partial charge in [0.15, 0.2) is 11.5 Å². The lowest BCUT2D eigenvalue weighted by atomic mass is 9.95. The zero-order chi connectivity index (χ0) is 30.4. The summed E-state index contributed by atoms with van der Waals surface area (Å²) in [6.45, 7) is 0.985. The standard InChI is InChI=1S/C31H31F3N2O6/c1-39-24-10-6-8-21(16-24)25(20-7-5-9-23(15-20)31(32,33)34)19-28(37)35-11-13-36(14-12-35)30(38)22-17-26(40-2)29(42-4)27(18-22)41-3/h5-10,15-19H,11-14H2,1-4H3. The molecule has 3 aromatic rings. The highest BCUT2D eigenvalue weighted by Crippen LogP contribution is 2.38. The number of benzene rings is 3. The van der Waals surface area contributed by atoms with Crippen molar-refractivity contribution in [1.29, 1.82) is 0 Å². The van der Waals surface area contributed by atoms with Crippen molar-refractivity contribution < 1.29 is 41.7 Å². The number of ether oxygens (including phenoxy) is 4. The smallest absolute Gasteiger partial charge is 0.416 e. The molecule has 1 aliphatic heterocycles. The molecule has 1 heterocycles. The number of methoxy groups -OCH3 is 4. The van der Waals surface area contributed by atoms with E-state index < -0.39 is 11.7 Å². The van der Waals surface area contributed by atoms with Gasteiger partial charge in [-0.05, 0) is 53.1 Å². The van der Waals surface area contributed by atoms with Crippen LogP contribution < -0.4 is 18.9 Å². The second-order valence-corrected chi connectivity index (χ2v) is 9.40. The predicted octanol–water partition coefficient (Wildman–Crippen LogP) is 5.16. The summed E-state index contributed by atoms with van der Waals surface area (Å²) in [7, 11) is 5.88. The van der Waals surface area contributed by atoms with Crippen LogP contribution in [0.3, 0.4) is 0 Å². The molecule has 0 bridgehead atoms. The van der Waals surface area contributed by atoms with Crippen LogP contribution in [-0.4, -0.2) is 76.2 Å². The highest BCUT2D eigenvalue weighted by Gasteiger charge is 2.31. The first-order valence-corrected chi connectivity index (χ1v) is 13.0. The Balaban J connectivity index is 1.57. The molecule has 3 aromatic carbocycles. The molecule has 0 radical (unpaired) electrons. The van der Waals surface area contributed by atoms with E-state index >= 15 is 0 Å². The maximum atomic E-state index is 13.5. The van der Waals surface area contributed by atoms with Gasteiger partial charge in [-0.1, -0.05) is 24.3 Å². The molecule has 0 N–H and O–H groups in total. The van der Waals surface area contributed by atoms with Crippen LogP contribution in [0.2, 0.25) is 0 Å². The summed E-state index contributed by atoms with van der Waals surface area (Å²) >= 11 is 0. The van der Waals surface area contributed by atoms with E-state index in [0.29, 0.717) is 39.7 Å². The molecule has 1 saturated heterocycles. The first-order valence-electron chi connectivity index (χ1n) is 13.0. The van der Waals surface area contributed by atoms with Gasteiger partial charge in [-0.15, -0.1) is 0 Å². The largest absolute Gasteiger partial charge is 0.497 e. The second kappa shape index (κ2) is 12.9. The van der Waals surface area contributed by atoms with Crippen molar-refractivity contribution in [2.24, 2.45) is 0 Å². The number of carbonyl (C=O) groups is 2. The van der Waals surface area contributed by atoms with Crippen LogP contribution in [0.25, 0.3) is 5.57 Å². The van der Waals surface area contributed by atoms with Crippen molar-refractivity contribution in [1.82, 2.24) is 9.80 Å². The van der Waals surface area contributed by atoms with E-state index in [4.69, 9.17) is 18.9 Å². The molecule has 222 valence electrons. The zero-order valence-electron chi connectivity index (χ0n) is 23.7. The summed E-state index contributed by atoms with van der Waals surface area (Å²) in [5.74, 6) is 0.906. The minimum Gasteiger partial charge on any atom is -0.497 e. The summed E-state index contributed by atoms with van der Waals surface area (Å²) in [6, 6.07) is 14.8. The molecule has 0 aliphatic carbocycles. The van der Waals surface area contributed by atoms with Crippen LogP contribution in [0.15, 0.2) is 66.7 Å². The molecule has 0 atom stereocenters. The van der Waals surface area contributed by atoms with E-state index in [-0.39, 0.29) is 43.6 Å². The Bertz CT molecular complexity index is 1450. The number of amides is 2. The first-order chi connectivity index (χ1) is 20.1. The normalized spacial score (nSPS) is 13.9. The number of rotatable bonds is 8. The Morgan fingerprint density at radius 1 is 0.714 bits per heavy atom. The molecule has 1 fully saturated rings. The Morgan fingerprint density at radius 3 is 1.83 bits per heavy atom. The van der Waals surface area contributed by atoms with Crippen molar-refractivity contribution in [3.8, 4) is 23.0 Å². The molecule has 11 heteroatoms. The monoisotopic (exact) mass is 584 g/mol. The molecule has 0 unspecified atom stereocenters. The SMILES string of the molecule is COc1cccc(C(=CC(=O)N2CCN(C(=O)c3cc(OC)c(OC)c(OC)c3)CC2)c2cccc(C(F)(F)F)c2)c1. The molecule has 8 nitrogen and oxygen atoms in total. The first kappa shape index (κ1) is 30.3. The minimum atomic E-state index is -4.54. The Kier molecular flexibility index (Phi) is 9.29. The van der Waals surface area contributed by atoms with Gasteiger partial charge in [0.1, 0.15) is 5.75 Å². The minimum absolute atomic E-state index is 0.236. The van der Waals surface area contributed by atoms with E-state index in [9.17, 15) is 22.8 Å². The number of hydrogen-bond donors (Lipinski definition) is 0. The van der Waals surface area contributed by atoms with E-state index in [1.807, 2.05) is 0 Å². The molecule has 0 spiro atoms. The van der Waals surface area contributed by atoms with Gasteiger partial charge in [-0.3, -0.25) is 9.59 Å². The quantitative estimate of drug-likeness (QED) is 0.341. The summed E-state index contributed by atoms with van der Waals surface area (Å²) in [6.07, 6.45) is -3.21. The van der Waals surface area contributed by atoms with E-state index in [1.165, 1.54) is 46.6 Å². The van der Waals surface area contributed by atoms with Gasteiger partial charge in [0, 0.05) is 37.8 Å². The lowest BCUT2D eigenvalue weighted by Gasteiger charge is -2.34. The van der Waals surface area contributed by atoms with Crippen molar-refractivity contribution in [2.75, 3.05) is 54.6 Å². The molecular formula is C31H31F3N2O6. The van der Waals surface area contributed by atoms with Crippen molar-refractivity contribution >= 4 is 17.4 Å². The van der Waals surface area contributed by atoms with Crippen LogP contribution in [0.4, 0.5) is 13.2 Å². The molecule has 42 heavy (non-hydrogen) atoms. The topological polar surface area (TPSA) is 77.5 Å². The zero-order valence-corrected chi connectivity index (χ0v) is 23.7. The van der Waals surface area contributed by atoms with Gasteiger partial charge in [0.2, 0.25) is 11.7 Å². The number of carbonyl (C=O) groups excluding carboxylic acids is 2. The van der Waals surface area contributed by atoms with Crippen molar-refractivity contribution in [3.63, 3.8) is 0 Å². The van der Waals surface area contributed by atoms with E-state index in [2.05, 4.69) is 0 Å².